The van der Waals surface area contributed by atoms with E-state index in [2.05, 4.69) is 5.32 Å². The molecule has 21 heteroatoms. The summed E-state index contributed by atoms with van der Waals surface area (Å²) in [7, 11) is 0. The van der Waals surface area contributed by atoms with E-state index in [0.29, 0.717) is 10.1 Å². The number of nitrogens with one attached hydrogen (secondary N) is 1. The first-order valence-electron chi connectivity index (χ1n) is 17.0. The van der Waals surface area contributed by atoms with Gasteiger partial charge in [-0.2, -0.15) is 0 Å². The van der Waals surface area contributed by atoms with E-state index in [0.717, 1.165) is 15.5 Å². The van der Waals surface area contributed by atoms with Crippen molar-refractivity contribution in [3.05, 3.63) is 46.3 Å². The molecule has 1 aliphatic carbocycles. The Labute approximate surface area is 305 Å². The number of aromatic nitrogens is 1. The van der Waals surface area contributed by atoms with Gasteiger partial charge in [0.1, 0.15) is 79.4 Å². The number of fused-ring (bicyclic) bond motifs is 1. The van der Waals surface area contributed by atoms with Gasteiger partial charge in [-0.3, -0.25) is 4.79 Å². The summed E-state index contributed by atoms with van der Waals surface area (Å²) < 4.78 is 30.5. The van der Waals surface area contributed by atoms with E-state index >= 15 is 0 Å². The van der Waals surface area contributed by atoms with Crippen molar-refractivity contribution >= 4 is 21.6 Å². The quantitative estimate of drug-likeness (QED) is 0.0998. The van der Waals surface area contributed by atoms with Gasteiger partial charge in [0, 0.05) is 0 Å². The molecule has 2 aromatic rings. The molecular formula is C32H46N2O18S. The zero-order chi connectivity index (χ0) is 38.5. The monoisotopic (exact) mass is 778 g/mol. The number of hydrogen-bond acceptors (Lipinski definition) is 20. The highest BCUT2D eigenvalue weighted by atomic mass is 32.1. The van der Waals surface area contributed by atoms with Crippen molar-refractivity contribution in [2.24, 2.45) is 0 Å². The molecule has 19 unspecified atom stereocenters. The molecule has 3 aliphatic heterocycles. The molecule has 20 nitrogen and oxygen atoms in total. The van der Waals surface area contributed by atoms with E-state index in [4.69, 9.17) is 23.7 Å². The molecule has 4 aliphatic rings. The van der Waals surface area contributed by atoms with Gasteiger partial charge < -0.3 is 90.3 Å². The lowest BCUT2D eigenvalue weighted by atomic mass is 9.86. The summed E-state index contributed by atoms with van der Waals surface area (Å²) in [6.07, 6.45) is -26.4. The van der Waals surface area contributed by atoms with Crippen molar-refractivity contribution in [1.29, 1.82) is 0 Å². The molecule has 53 heavy (non-hydrogen) atoms. The highest BCUT2D eigenvalue weighted by Gasteiger charge is 2.54. The van der Waals surface area contributed by atoms with Crippen molar-refractivity contribution in [1.82, 2.24) is 9.27 Å². The topological polar surface area (TPSA) is 323 Å². The molecular weight excluding hydrogens is 732 g/mol. The van der Waals surface area contributed by atoms with Gasteiger partial charge in [-0.25, -0.2) is 3.96 Å². The van der Waals surface area contributed by atoms with E-state index in [-0.39, 0.29) is 5.57 Å². The molecule has 1 aromatic heterocycles. The maximum Gasteiger partial charge on any atom is 0.270 e. The third-order valence-electron chi connectivity index (χ3n) is 10.2. The molecule has 0 bridgehead atoms. The van der Waals surface area contributed by atoms with Crippen molar-refractivity contribution in [3.8, 4) is 0 Å². The molecule has 19 atom stereocenters. The molecule has 3 saturated heterocycles. The van der Waals surface area contributed by atoms with Gasteiger partial charge in [-0.05, 0) is 24.6 Å². The van der Waals surface area contributed by atoms with Crippen LogP contribution in [0.3, 0.4) is 0 Å². The second-order valence-corrected chi connectivity index (χ2v) is 14.6. The highest BCUT2D eigenvalue weighted by molar-refractivity contribution is 7.13. The SMILES string of the molecule is CC1OC(OC2C(CO)OC(OC3C(CO)OC(n4sc5ccccc5c4=O)C(O)C3O)C(O)C2O)C(O)C(O)C1NC1C=C(CO)C(O)C(O)C1O. The van der Waals surface area contributed by atoms with Crippen LogP contribution in [-0.4, -0.2) is 195 Å². The number of aliphatic hydroxyl groups is 12. The second-order valence-electron chi connectivity index (χ2n) is 13.6. The Morgan fingerprint density at radius 1 is 0.736 bits per heavy atom. The van der Waals surface area contributed by atoms with Crippen LogP contribution in [0.4, 0.5) is 0 Å². The minimum Gasteiger partial charge on any atom is -0.394 e. The third kappa shape index (κ3) is 7.59. The van der Waals surface area contributed by atoms with Crippen LogP contribution < -0.4 is 10.9 Å². The summed E-state index contributed by atoms with van der Waals surface area (Å²) in [6, 6.07) is 4.46. The van der Waals surface area contributed by atoms with E-state index in [9.17, 15) is 66.1 Å². The average molecular weight is 779 g/mol. The largest absolute Gasteiger partial charge is 0.394 e. The van der Waals surface area contributed by atoms with E-state index in [1.165, 1.54) is 13.0 Å². The number of ether oxygens (including phenoxy) is 5. The Morgan fingerprint density at radius 2 is 1.32 bits per heavy atom. The lowest BCUT2D eigenvalue weighted by Crippen LogP contribution is -2.68. The number of hydrogen-bond donors (Lipinski definition) is 13. The zero-order valence-electron chi connectivity index (χ0n) is 28.1. The molecule has 0 radical (unpaired) electrons. The normalized spacial score (nSPS) is 45.3. The minimum atomic E-state index is -1.96. The first kappa shape index (κ1) is 40.6. The van der Waals surface area contributed by atoms with Crippen molar-refractivity contribution in [2.45, 2.75) is 123 Å². The maximum absolute atomic E-state index is 13.0. The summed E-state index contributed by atoms with van der Waals surface area (Å²) >= 11 is 0.974. The first-order chi connectivity index (χ1) is 25.2. The van der Waals surface area contributed by atoms with E-state index in [1.807, 2.05) is 0 Å². The summed E-state index contributed by atoms with van der Waals surface area (Å²) in [4.78, 5) is 13.0. The number of rotatable bonds is 10. The molecule has 298 valence electrons. The fourth-order valence-electron chi connectivity index (χ4n) is 7.16. The molecule has 0 spiro atoms. The lowest BCUT2D eigenvalue weighted by molar-refractivity contribution is -0.369. The standard InChI is InChI=1S/C32H46N2O18S/c1-10-17(33-13-6-11(7-35)18(38)21(41)19(13)39)20(40)25(45)31(48-10)51-28-15(9-37)50-32(26(46)23(28)43)52-27-14(8-36)49-30(24(44)22(27)42)34-29(47)12-4-2-3-5-16(12)53-34/h2-6,10,13-15,17-28,30-33,35-46H,7-9H2,1H3. The lowest BCUT2D eigenvalue weighted by Gasteiger charge is -2.49. The highest BCUT2D eigenvalue weighted by Crippen LogP contribution is 2.36. The summed E-state index contributed by atoms with van der Waals surface area (Å²) in [5, 5.41) is 130. The molecule has 0 amide bonds. The molecule has 4 heterocycles. The van der Waals surface area contributed by atoms with Gasteiger partial charge in [-0.1, -0.05) is 29.7 Å². The second kappa shape index (κ2) is 16.6. The van der Waals surface area contributed by atoms with Crippen LogP contribution in [-0.2, 0) is 23.7 Å². The summed E-state index contributed by atoms with van der Waals surface area (Å²) in [5.41, 5.74) is -0.480. The zero-order valence-corrected chi connectivity index (χ0v) is 29.0. The van der Waals surface area contributed by atoms with Crippen LogP contribution in [0.25, 0.3) is 10.1 Å². The Balaban J connectivity index is 1.11. The fraction of sp³-hybridized carbons (Fsp3) is 0.719. The van der Waals surface area contributed by atoms with Crippen LogP contribution in [0.5, 0.6) is 0 Å². The number of nitrogens with zero attached hydrogens (tertiary/aromatic N) is 1. The van der Waals surface area contributed by atoms with Crippen molar-refractivity contribution in [3.63, 3.8) is 0 Å². The Kier molecular flexibility index (Phi) is 12.7. The van der Waals surface area contributed by atoms with Gasteiger partial charge in [0.2, 0.25) is 0 Å². The van der Waals surface area contributed by atoms with Gasteiger partial charge in [0.15, 0.2) is 18.8 Å². The van der Waals surface area contributed by atoms with Crippen LogP contribution in [0, 0.1) is 0 Å². The Morgan fingerprint density at radius 3 is 1.94 bits per heavy atom. The van der Waals surface area contributed by atoms with Gasteiger partial charge >= 0.3 is 0 Å². The van der Waals surface area contributed by atoms with Crippen LogP contribution in [0.2, 0.25) is 0 Å². The van der Waals surface area contributed by atoms with Crippen LogP contribution in [0.1, 0.15) is 13.2 Å². The Hall–Kier alpha value is -2.07. The smallest absolute Gasteiger partial charge is 0.270 e. The molecule has 13 N–H and O–H groups in total. The summed E-state index contributed by atoms with van der Waals surface area (Å²) in [6.45, 7) is -0.772. The number of aliphatic hydroxyl groups excluding tert-OH is 12. The van der Waals surface area contributed by atoms with Gasteiger partial charge in [0.25, 0.3) is 5.56 Å². The van der Waals surface area contributed by atoms with Crippen molar-refractivity contribution in [2.75, 3.05) is 19.8 Å². The molecule has 1 aromatic carbocycles. The van der Waals surface area contributed by atoms with Gasteiger partial charge in [0.05, 0.1) is 48.1 Å². The van der Waals surface area contributed by atoms with Gasteiger partial charge in [-0.15, -0.1) is 0 Å². The fourth-order valence-corrected chi connectivity index (χ4v) is 8.23. The maximum atomic E-state index is 13.0. The number of benzene rings is 1. The van der Waals surface area contributed by atoms with Crippen LogP contribution >= 0.6 is 11.5 Å². The van der Waals surface area contributed by atoms with Crippen LogP contribution in [0.15, 0.2) is 40.7 Å². The summed E-state index contributed by atoms with van der Waals surface area (Å²) in [5.74, 6) is 0. The average Bonchev–Trinajstić information content (AvgIpc) is 3.49. The molecule has 3 fully saturated rings. The van der Waals surface area contributed by atoms with Crippen molar-refractivity contribution < 1.29 is 85.0 Å². The minimum absolute atomic E-state index is 0.0184. The third-order valence-corrected chi connectivity index (χ3v) is 11.3. The Bertz CT molecular complexity index is 1620. The molecule has 0 saturated carbocycles. The van der Waals surface area contributed by atoms with E-state index in [1.54, 1.807) is 24.3 Å². The molecule has 6 rings (SSSR count). The predicted octanol–water partition coefficient (Wildman–Crippen LogP) is -6.31. The first-order valence-corrected chi connectivity index (χ1v) is 17.8. The van der Waals surface area contributed by atoms with E-state index < -0.39 is 142 Å². The predicted molar refractivity (Wildman–Crippen MR) is 177 cm³/mol.